The van der Waals surface area contributed by atoms with Gasteiger partial charge in [-0.25, -0.2) is 0 Å². The van der Waals surface area contributed by atoms with E-state index >= 15 is 0 Å². The van der Waals surface area contributed by atoms with Crippen LogP contribution >= 0.6 is 0 Å². The van der Waals surface area contributed by atoms with Crippen molar-refractivity contribution in [3.8, 4) is 11.1 Å². The van der Waals surface area contributed by atoms with Crippen LogP contribution < -0.4 is 0 Å². The van der Waals surface area contributed by atoms with Gasteiger partial charge in [0.05, 0.1) is 5.52 Å². The largest absolute Gasteiger partial charge is 0.340 e. The van der Waals surface area contributed by atoms with Gasteiger partial charge >= 0.3 is 0 Å². The highest BCUT2D eigenvalue weighted by atomic mass is 15.0. The molecule has 0 aliphatic heterocycles. The van der Waals surface area contributed by atoms with Gasteiger partial charge in [-0.3, -0.25) is 0 Å². The van der Waals surface area contributed by atoms with Crippen molar-refractivity contribution in [3.05, 3.63) is 97.1 Å². The quantitative estimate of drug-likeness (QED) is 0.274. The number of hydrogen-bond donors (Lipinski definition) is 0. The smallest absolute Gasteiger partial charge is 0.0571 e. The molecule has 0 saturated carbocycles. The Morgan fingerprint density at radius 2 is 1.21 bits per heavy atom. The Morgan fingerprint density at radius 3 is 2.07 bits per heavy atom. The third kappa shape index (κ3) is 2.28. The van der Waals surface area contributed by atoms with Crippen LogP contribution in [0.5, 0.6) is 0 Å². The molecule has 138 valence electrons. The highest BCUT2D eigenvalue weighted by Gasteiger charge is 2.15. The number of nitrogens with zero attached hydrogens (tertiary/aromatic N) is 1. The molecule has 0 bridgehead atoms. The fourth-order valence-electron chi connectivity index (χ4n) is 4.93. The minimum atomic E-state index is 0.953. The summed E-state index contributed by atoms with van der Waals surface area (Å²) in [7, 11) is 0. The third-order valence-electron chi connectivity index (χ3n) is 6.18. The molecule has 0 radical (unpaired) electrons. The summed E-state index contributed by atoms with van der Waals surface area (Å²) in [5.41, 5.74) is 5.25. The number of rotatable bonds is 2. The number of fused-ring (bicyclic) bond motifs is 6. The van der Waals surface area contributed by atoms with Gasteiger partial charge in [0, 0.05) is 28.4 Å². The van der Waals surface area contributed by atoms with Gasteiger partial charge in [0.15, 0.2) is 0 Å². The van der Waals surface area contributed by atoms with Crippen molar-refractivity contribution in [1.82, 2.24) is 4.57 Å². The molecule has 0 aliphatic carbocycles. The lowest BCUT2D eigenvalue weighted by molar-refractivity contribution is 0.828. The van der Waals surface area contributed by atoms with Crippen molar-refractivity contribution in [2.24, 2.45) is 0 Å². The number of para-hydroxylation sites is 2. The van der Waals surface area contributed by atoms with E-state index in [4.69, 9.17) is 0 Å². The molecule has 0 fully saturated rings. The highest BCUT2D eigenvalue weighted by Crippen LogP contribution is 2.39. The van der Waals surface area contributed by atoms with E-state index in [0.29, 0.717) is 0 Å². The SMILES string of the molecule is CCn1c2ccccc2c2cccc(-c3cccc4c3ccc3ccccc34)c21. The predicted octanol–water partition coefficient (Wildman–Crippen LogP) is 7.79. The van der Waals surface area contributed by atoms with Crippen molar-refractivity contribution < 1.29 is 0 Å². The van der Waals surface area contributed by atoms with Crippen molar-refractivity contribution in [2.75, 3.05) is 0 Å². The average Bonchev–Trinajstić information content (AvgIpc) is 3.12. The van der Waals surface area contributed by atoms with Gasteiger partial charge in [-0.05, 0) is 40.1 Å². The van der Waals surface area contributed by atoms with Crippen LogP contribution in [0.1, 0.15) is 6.92 Å². The summed E-state index contributed by atoms with van der Waals surface area (Å²) in [6.07, 6.45) is 0. The van der Waals surface area contributed by atoms with Crippen LogP contribution in [-0.4, -0.2) is 4.57 Å². The standard InChI is InChI=1S/C28H21N/c1-2-29-27-16-6-5-11-24(27)26-15-8-14-25(28(26)29)22-13-7-12-21-20-10-4-3-9-19(20)17-18-23(21)22/h3-18H,2H2,1H3. The second kappa shape index (κ2) is 6.22. The lowest BCUT2D eigenvalue weighted by Crippen LogP contribution is -1.95. The zero-order chi connectivity index (χ0) is 19.4. The molecule has 0 saturated heterocycles. The average molecular weight is 371 g/mol. The van der Waals surface area contributed by atoms with Gasteiger partial charge in [0.25, 0.3) is 0 Å². The fourth-order valence-corrected chi connectivity index (χ4v) is 4.93. The molecule has 0 aliphatic rings. The normalized spacial score (nSPS) is 11.8. The first-order chi connectivity index (χ1) is 14.4. The molecule has 1 nitrogen and oxygen atoms in total. The van der Waals surface area contributed by atoms with E-state index in [1.807, 2.05) is 0 Å². The Bertz CT molecular complexity index is 1530. The van der Waals surface area contributed by atoms with Crippen LogP contribution in [0, 0.1) is 0 Å². The summed E-state index contributed by atoms with van der Waals surface area (Å²) in [6.45, 7) is 3.19. The predicted molar refractivity (Wildman–Crippen MR) is 126 cm³/mol. The molecule has 29 heavy (non-hydrogen) atoms. The van der Waals surface area contributed by atoms with Crippen LogP contribution in [0.25, 0.3) is 54.5 Å². The summed E-state index contributed by atoms with van der Waals surface area (Å²) in [6, 6.07) is 35.4. The van der Waals surface area contributed by atoms with Crippen LogP contribution in [0.2, 0.25) is 0 Å². The van der Waals surface area contributed by atoms with Crippen LogP contribution in [0.4, 0.5) is 0 Å². The maximum Gasteiger partial charge on any atom is 0.0571 e. The minimum absolute atomic E-state index is 0.953. The van der Waals surface area contributed by atoms with E-state index in [1.165, 1.54) is 54.5 Å². The molecule has 0 spiro atoms. The molecule has 0 atom stereocenters. The highest BCUT2D eigenvalue weighted by molar-refractivity contribution is 6.17. The molecule has 1 aromatic heterocycles. The second-order valence-electron chi connectivity index (χ2n) is 7.65. The molecule has 0 unspecified atom stereocenters. The molecular formula is C28H21N. The Hall–Kier alpha value is -3.58. The first kappa shape index (κ1) is 16.4. The van der Waals surface area contributed by atoms with Gasteiger partial charge in [-0.15, -0.1) is 0 Å². The van der Waals surface area contributed by atoms with E-state index < -0.39 is 0 Å². The summed E-state index contributed by atoms with van der Waals surface area (Å²) in [4.78, 5) is 0. The molecule has 1 heterocycles. The van der Waals surface area contributed by atoms with Crippen LogP contribution in [0.3, 0.4) is 0 Å². The zero-order valence-electron chi connectivity index (χ0n) is 16.4. The van der Waals surface area contributed by atoms with Gasteiger partial charge < -0.3 is 4.57 Å². The number of benzene rings is 5. The van der Waals surface area contributed by atoms with Gasteiger partial charge in [-0.1, -0.05) is 91.0 Å². The van der Waals surface area contributed by atoms with Crippen LogP contribution in [-0.2, 0) is 6.54 Å². The monoisotopic (exact) mass is 371 g/mol. The van der Waals surface area contributed by atoms with Crippen molar-refractivity contribution in [1.29, 1.82) is 0 Å². The van der Waals surface area contributed by atoms with Crippen LogP contribution in [0.15, 0.2) is 97.1 Å². The summed E-state index contributed by atoms with van der Waals surface area (Å²) >= 11 is 0. The van der Waals surface area contributed by atoms with E-state index in [-0.39, 0.29) is 0 Å². The first-order valence-corrected chi connectivity index (χ1v) is 10.3. The maximum atomic E-state index is 2.46. The van der Waals surface area contributed by atoms with Gasteiger partial charge in [0.2, 0.25) is 0 Å². The van der Waals surface area contributed by atoms with E-state index in [1.54, 1.807) is 0 Å². The van der Waals surface area contributed by atoms with Crippen molar-refractivity contribution >= 4 is 43.4 Å². The topological polar surface area (TPSA) is 4.93 Å². The Labute approximate surface area is 169 Å². The molecule has 1 heteroatoms. The number of hydrogen-bond acceptors (Lipinski definition) is 0. The van der Waals surface area contributed by atoms with Crippen molar-refractivity contribution in [2.45, 2.75) is 13.5 Å². The zero-order valence-corrected chi connectivity index (χ0v) is 16.4. The molecule has 5 aromatic carbocycles. The summed E-state index contributed by atoms with van der Waals surface area (Å²) < 4.78 is 2.46. The minimum Gasteiger partial charge on any atom is -0.340 e. The lowest BCUT2D eigenvalue weighted by atomic mass is 9.93. The summed E-state index contributed by atoms with van der Waals surface area (Å²) in [5, 5.41) is 7.89. The Kier molecular flexibility index (Phi) is 3.51. The molecule has 0 amide bonds. The van der Waals surface area contributed by atoms with Gasteiger partial charge in [-0.2, -0.15) is 0 Å². The number of aromatic nitrogens is 1. The third-order valence-corrected chi connectivity index (χ3v) is 6.18. The first-order valence-electron chi connectivity index (χ1n) is 10.3. The lowest BCUT2D eigenvalue weighted by Gasteiger charge is -2.13. The fraction of sp³-hybridized carbons (Fsp3) is 0.0714. The molecule has 6 aromatic rings. The Morgan fingerprint density at radius 1 is 0.517 bits per heavy atom. The maximum absolute atomic E-state index is 2.46. The van der Waals surface area contributed by atoms with E-state index in [2.05, 4.69) is 109 Å². The number of aryl methyl sites for hydroxylation is 1. The van der Waals surface area contributed by atoms with Crippen molar-refractivity contribution in [3.63, 3.8) is 0 Å². The molecule has 0 N–H and O–H groups in total. The van der Waals surface area contributed by atoms with E-state index in [9.17, 15) is 0 Å². The summed E-state index contributed by atoms with van der Waals surface area (Å²) in [5.74, 6) is 0. The molecular weight excluding hydrogens is 350 g/mol. The van der Waals surface area contributed by atoms with E-state index in [0.717, 1.165) is 6.54 Å². The second-order valence-corrected chi connectivity index (χ2v) is 7.65. The Balaban J connectivity index is 1.77. The molecule has 6 rings (SSSR count). The van der Waals surface area contributed by atoms with Gasteiger partial charge in [0.1, 0.15) is 0 Å².